The van der Waals surface area contributed by atoms with Gasteiger partial charge in [0.25, 0.3) is 5.56 Å². The predicted molar refractivity (Wildman–Crippen MR) is 115 cm³/mol. The highest BCUT2D eigenvalue weighted by atomic mass is 35.5. The van der Waals surface area contributed by atoms with Gasteiger partial charge in [0.05, 0.1) is 5.39 Å². The first-order chi connectivity index (χ1) is 14.0. The highest BCUT2D eigenvalue weighted by Gasteiger charge is 2.18. The molecule has 6 nitrogen and oxygen atoms in total. The van der Waals surface area contributed by atoms with Crippen LogP contribution in [0.25, 0.3) is 16.7 Å². The van der Waals surface area contributed by atoms with Gasteiger partial charge in [-0.25, -0.2) is 4.98 Å². The second-order valence-electron chi connectivity index (χ2n) is 6.81. The minimum absolute atomic E-state index is 0.126. The third-order valence-corrected chi connectivity index (χ3v) is 5.19. The second kappa shape index (κ2) is 7.56. The molecule has 0 radical (unpaired) electrons. The van der Waals surface area contributed by atoms with E-state index in [4.69, 9.17) is 11.6 Å². The van der Waals surface area contributed by atoms with Gasteiger partial charge in [-0.2, -0.15) is 0 Å². The Morgan fingerprint density at radius 3 is 2.45 bits per heavy atom. The maximum absolute atomic E-state index is 13.1. The molecule has 7 heteroatoms. The van der Waals surface area contributed by atoms with Crippen molar-refractivity contribution in [1.29, 1.82) is 0 Å². The van der Waals surface area contributed by atoms with Gasteiger partial charge in [-0.05, 0) is 55.8 Å². The number of anilines is 1. The van der Waals surface area contributed by atoms with Crippen molar-refractivity contribution in [3.8, 4) is 5.69 Å². The molecule has 0 saturated heterocycles. The van der Waals surface area contributed by atoms with Crippen molar-refractivity contribution in [2.75, 3.05) is 5.32 Å². The summed E-state index contributed by atoms with van der Waals surface area (Å²) in [6.45, 7) is 3.73. The first-order valence-electron chi connectivity index (χ1n) is 9.13. The Kier molecular flexibility index (Phi) is 4.94. The topological polar surface area (TPSA) is 68.9 Å². The predicted octanol–water partition coefficient (Wildman–Crippen LogP) is 4.10. The van der Waals surface area contributed by atoms with E-state index in [1.165, 1.54) is 10.9 Å². The number of nitrogens with zero attached hydrogens (tertiary/aromatic N) is 3. The van der Waals surface area contributed by atoms with Gasteiger partial charge in [-0.3, -0.25) is 18.7 Å². The smallest absolute Gasteiger partial charge is 0.263 e. The number of aromatic nitrogens is 3. The van der Waals surface area contributed by atoms with Crippen LogP contribution in [0.3, 0.4) is 0 Å². The van der Waals surface area contributed by atoms with E-state index in [-0.39, 0.29) is 18.0 Å². The molecule has 0 aliphatic heterocycles. The summed E-state index contributed by atoms with van der Waals surface area (Å²) in [6.07, 6.45) is 1.42. The van der Waals surface area contributed by atoms with Crippen LogP contribution in [0, 0.1) is 13.8 Å². The summed E-state index contributed by atoms with van der Waals surface area (Å²) in [5.41, 5.74) is 3.70. The molecule has 2 aromatic heterocycles. The normalized spacial score (nSPS) is 11.0. The largest absolute Gasteiger partial charge is 0.325 e. The third kappa shape index (κ3) is 3.54. The Morgan fingerprint density at radius 2 is 1.76 bits per heavy atom. The summed E-state index contributed by atoms with van der Waals surface area (Å²) in [5, 5.41) is 3.87. The standard InChI is InChI=1S/C22H19ClN4O2/c1-14-15(2)27(18-6-4-3-5-7-18)21-20(14)22(29)26(13-24-21)12-19(28)25-17-10-8-16(23)9-11-17/h3-11,13H,12H2,1-2H3,(H,25,28). The lowest BCUT2D eigenvalue weighted by Crippen LogP contribution is -2.28. The fraction of sp³-hybridized carbons (Fsp3) is 0.136. The monoisotopic (exact) mass is 406 g/mol. The quantitative estimate of drug-likeness (QED) is 0.554. The molecule has 4 aromatic rings. The number of halogens is 1. The zero-order valence-electron chi connectivity index (χ0n) is 16.0. The molecule has 146 valence electrons. The van der Waals surface area contributed by atoms with Crippen molar-refractivity contribution in [3.63, 3.8) is 0 Å². The Hall–Kier alpha value is -3.38. The Labute approximate surface area is 172 Å². The summed E-state index contributed by atoms with van der Waals surface area (Å²) in [4.78, 5) is 30.0. The van der Waals surface area contributed by atoms with E-state index in [0.717, 1.165) is 16.9 Å². The van der Waals surface area contributed by atoms with Crippen molar-refractivity contribution < 1.29 is 4.79 Å². The number of fused-ring (bicyclic) bond motifs is 1. The Balaban J connectivity index is 1.70. The van der Waals surface area contributed by atoms with Gasteiger partial charge < -0.3 is 5.32 Å². The lowest BCUT2D eigenvalue weighted by atomic mass is 10.2. The highest BCUT2D eigenvalue weighted by molar-refractivity contribution is 6.30. The summed E-state index contributed by atoms with van der Waals surface area (Å²) in [7, 11) is 0. The van der Waals surface area contributed by atoms with Crippen molar-refractivity contribution in [1.82, 2.24) is 14.1 Å². The molecule has 29 heavy (non-hydrogen) atoms. The average Bonchev–Trinajstić information content (AvgIpc) is 2.97. The Bertz CT molecular complexity index is 1260. The first kappa shape index (κ1) is 19.0. The van der Waals surface area contributed by atoms with Gasteiger partial charge in [0.1, 0.15) is 12.9 Å². The first-order valence-corrected chi connectivity index (χ1v) is 9.51. The molecule has 0 aliphatic rings. The van der Waals surface area contributed by atoms with E-state index >= 15 is 0 Å². The molecule has 0 atom stereocenters. The molecule has 1 N–H and O–H groups in total. The van der Waals surface area contributed by atoms with Crippen LogP contribution in [0.2, 0.25) is 5.02 Å². The lowest BCUT2D eigenvalue weighted by Gasteiger charge is -2.09. The number of benzene rings is 2. The molecule has 1 amide bonds. The molecule has 2 heterocycles. The Morgan fingerprint density at radius 1 is 1.07 bits per heavy atom. The van der Waals surface area contributed by atoms with Gasteiger partial charge in [-0.1, -0.05) is 29.8 Å². The van der Waals surface area contributed by atoms with Crippen molar-refractivity contribution in [3.05, 3.63) is 87.6 Å². The number of hydrogen-bond acceptors (Lipinski definition) is 3. The minimum Gasteiger partial charge on any atom is -0.325 e. The number of carbonyl (C=O) groups excluding carboxylic acids is 1. The highest BCUT2D eigenvalue weighted by Crippen LogP contribution is 2.24. The van der Waals surface area contributed by atoms with Gasteiger partial charge >= 0.3 is 0 Å². The van der Waals surface area contributed by atoms with Crippen LogP contribution in [-0.4, -0.2) is 20.0 Å². The zero-order valence-corrected chi connectivity index (χ0v) is 16.8. The van der Waals surface area contributed by atoms with Crippen molar-refractivity contribution >= 4 is 34.2 Å². The van der Waals surface area contributed by atoms with Crippen LogP contribution in [0.4, 0.5) is 5.69 Å². The van der Waals surface area contributed by atoms with E-state index in [2.05, 4.69) is 10.3 Å². The fourth-order valence-electron chi connectivity index (χ4n) is 3.38. The van der Waals surface area contributed by atoms with Gasteiger partial charge in [0, 0.05) is 22.1 Å². The molecule has 0 aliphatic carbocycles. The zero-order chi connectivity index (χ0) is 20.5. The molecule has 0 saturated carbocycles. The molecule has 0 spiro atoms. The number of para-hydroxylation sites is 1. The molecule has 0 fully saturated rings. The van der Waals surface area contributed by atoms with Crippen LogP contribution < -0.4 is 10.9 Å². The molecular weight excluding hydrogens is 388 g/mol. The van der Waals surface area contributed by atoms with Crippen LogP contribution in [-0.2, 0) is 11.3 Å². The molecule has 2 aromatic carbocycles. The number of amides is 1. The lowest BCUT2D eigenvalue weighted by molar-refractivity contribution is -0.116. The van der Waals surface area contributed by atoms with Crippen LogP contribution in [0.5, 0.6) is 0 Å². The summed E-state index contributed by atoms with van der Waals surface area (Å²) >= 11 is 5.86. The van der Waals surface area contributed by atoms with Crippen LogP contribution in [0.1, 0.15) is 11.3 Å². The number of nitrogens with one attached hydrogen (secondary N) is 1. The number of carbonyl (C=O) groups is 1. The van der Waals surface area contributed by atoms with E-state index in [1.807, 2.05) is 48.7 Å². The minimum atomic E-state index is -0.313. The molecule has 4 rings (SSSR count). The molecular formula is C22H19ClN4O2. The third-order valence-electron chi connectivity index (χ3n) is 4.94. The summed E-state index contributed by atoms with van der Waals surface area (Å²) in [5.74, 6) is -0.313. The van der Waals surface area contributed by atoms with Gasteiger partial charge in [0.2, 0.25) is 5.91 Å². The van der Waals surface area contributed by atoms with E-state index in [1.54, 1.807) is 24.3 Å². The van der Waals surface area contributed by atoms with Crippen LogP contribution in [0.15, 0.2) is 65.7 Å². The van der Waals surface area contributed by atoms with Gasteiger partial charge in [0.15, 0.2) is 5.65 Å². The van der Waals surface area contributed by atoms with E-state index in [9.17, 15) is 9.59 Å². The maximum atomic E-state index is 13.1. The fourth-order valence-corrected chi connectivity index (χ4v) is 3.51. The van der Waals surface area contributed by atoms with E-state index < -0.39 is 0 Å². The van der Waals surface area contributed by atoms with Crippen molar-refractivity contribution in [2.24, 2.45) is 0 Å². The number of hydrogen-bond donors (Lipinski definition) is 1. The molecule has 0 unspecified atom stereocenters. The summed E-state index contributed by atoms with van der Waals surface area (Å²) in [6, 6.07) is 16.6. The molecule has 0 bridgehead atoms. The SMILES string of the molecule is Cc1c(C)n(-c2ccccc2)c2ncn(CC(=O)Nc3ccc(Cl)cc3)c(=O)c12. The number of rotatable bonds is 4. The average molecular weight is 407 g/mol. The maximum Gasteiger partial charge on any atom is 0.263 e. The summed E-state index contributed by atoms with van der Waals surface area (Å²) < 4.78 is 3.29. The van der Waals surface area contributed by atoms with E-state index in [0.29, 0.717) is 21.7 Å². The number of aryl methyl sites for hydroxylation is 1. The second-order valence-corrected chi connectivity index (χ2v) is 7.25. The van der Waals surface area contributed by atoms with Crippen LogP contribution >= 0.6 is 11.6 Å². The van der Waals surface area contributed by atoms with Crippen molar-refractivity contribution in [2.45, 2.75) is 20.4 Å². The van der Waals surface area contributed by atoms with Gasteiger partial charge in [-0.15, -0.1) is 0 Å².